The zero-order valence-corrected chi connectivity index (χ0v) is 20.7. The molecule has 0 saturated carbocycles. The highest BCUT2D eigenvalue weighted by atomic mass is 32.2. The van der Waals surface area contributed by atoms with Crippen LogP contribution in [0.15, 0.2) is 83.6 Å². The zero-order chi connectivity index (χ0) is 24.4. The number of fused-ring (bicyclic) bond motifs is 1. The number of aromatic amines is 1. The summed E-state index contributed by atoms with van der Waals surface area (Å²) in [4.78, 5) is 4.86. The van der Waals surface area contributed by atoms with E-state index in [1.165, 1.54) is 0 Å². The van der Waals surface area contributed by atoms with E-state index in [9.17, 15) is 4.55 Å². The second-order valence-corrected chi connectivity index (χ2v) is 11.4. The molecule has 0 bridgehead atoms. The Kier molecular flexibility index (Phi) is 6.42. The van der Waals surface area contributed by atoms with Crippen molar-refractivity contribution in [3.8, 4) is 22.5 Å². The first-order valence-electron chi connectivity index (χ1n) is 11.5. The highest BCUT2D eigenvalue weighted by molar-refractivity contribution is 7.90. The molecule has 178 valence electrons. The van der Waals surface area contributed by atoms with E-state index in [1.54, 1.807) is 6.20 Å². The predicted molar refractivity (Wildman–Crippen MR) is 139 cm³/mol. The summed E-state index contributed by atoms with van der Waals surface area (Å²) < 4.78 is 21.8. The molecule has 0 aliphatic carbocycles. The Morgan fingerprint density at radius 2 is 1.83 bits per heavy atom. The lowest BCUT2D eigenvalue weighted by Gasteiger charge is -2.29. The van der Waals surface area contributed by atoms with Crippen molar-refractivity contribution >= 4 is 22.3 Å². The zero-order valence-electron chi connectivity index (χ0n) is 19.9. The summed E-state index contributed by atoms with van der Waals surface area (Å²) in [5.74, 6) is 0. The van der Waals surface area contributed by atoms with Gasteiger partial charge in [-0.3, -0.25) is 10.1 Å². The molecule has 0 aliphatic rings. The second kappa shape index (κ2) is 9.65. The van der Waals surface area contributed by atoms with E-state index >= 15 is 0 Å². The molecule has 0 aliphatic heterocycles. The number of pyridine rings is 1. The number of benzene rings is 2. The van der Waals surface area contributed by atoms with Crippen LogP contribution in [-0.4, -0.2) is 29.6 Å². The van der Waals surface area contributed by atoms with Gasteiger partial charge >= 0.3 is 0 Å². The minimum absolute atomic E-state index is 0.270. The van der Waals surface area contributed by atoms with Crippen LogP contribution in [0.4, 0.5) is 0 Å². The summed E-state index contributed by atoms with van der Waals surface area (Å²) in [5, 5.41) is 12.2. The van der Waals surface area contributed by atoms with Gasteiger partial charge < -0.3 is 9.08 Å². The number of nitrogens with one attached hydrogen (secondary N) is 2. The summed E-state index contributed by atoms with van der Waals surface area (Å²) in [6, 6.07) is 21.5. The predicted octanol–water partition coefficient (Wildman–Crippen LogP) is 5.62. The third kappa shape index (κ3) is 5.00. The Balaban J connectivity index is 1.57. The summed E-state index contributed by atoms with van der Waals surface area (Å²) in [7, 11) is 0. The van der Waals surface area contributed by atoms with Crippen LogP contribution >= 0.6 is 0 Å². The molecule has 3 heterocycles. The third-order valence-corrected chi connectivity index (χ3v) is 7.40. The van der Waals surface area contributed by atoms with Gasteiger partial charge in [0.15, 0.2) is 5.58 Å². The van der Waals surface area contributed by atoms with Crippen molar-refractivity contribution in [2.75, 3.05) is 0 Å². The molecule has 35 heavy (non-hydrogen) atoms. The first kappa shape index (κ1) is 23.3. The Bertz CT molecular complexity index is 1430. The van der Waals surface area contributed by atoms with Gasteiger partial charge in [0.05, 0.1) is 17.9 Å². The number of H-pyrrole nitrogens is 1. The molecule has 0 radical (unpaired) electrons. The van der Waals surface area contributed by atoms with E-state index in [0.717, 1.165) is 44.7 Å². The fourth-order valence-electron chi connectivity index (χ4n) is 3.97. The molecule has 0 saturated heterocycles. The lowest BCUT2D eigenvalue weighted by Crippen LogP contribution is -2.42. The van der Waals surface area contributed by atoms with Crippen molar-refractivity contribution in [1.82, 2.24) is 25.1 Å². The Morgan fingerprint density at radius 3 is 2.63 bits per heavy atom. The fourth-order valence-corrected chi connectivity index (χ4v) is 4.79. The van der Waals surface area contributed by atoms with Crippen LogP contribution in [-0.2, 0) is 17.8 Å². The lowest BCUT2D eigenvalue weighted by molar-refractivity contribution is 0.459. The van der Waals surface area contributed by atoms with E-state index in [4.69, 9.17) is 9.51 Å². The molecule has 0 amide bonds. The van der Waals surface area contributed by atoms with Gasteiger partial charge in [-0.25, -0.2) is 0 Å². The molecule has 0 spiro atoms. The summed E-state index contributed by atoms with van der Waals surface area (Å²) >= 11 is -1.30. The quantitative estimate of drug-likeness (QED) is 0.290. The first-order valence-corrected chi connectivity index (χ1v) is 12.6. The van der Waals surface area contributed by atoms with Crippen LogP contribution in [0.3, 0.4) is 0 Å². The summed E-state index contributed by atoms with van der Waals surface area (Å²) in [5.41, 5.74) is 6.06. The van der Waals surface area contributed by atoms with Gasteiger partial charge in [0.25, 0.3) is 0 Å². The normalized spacial score (nSPS) is 13.7. The van der Waals surface area contributed by atoms with Crippen molar-refractivity contribution in [2.24, 2.45) is 0 Å². The van der Waals surface area contributed by atoms with E-state index < -0.39 is 16.1 Å². The molecular weight excluding hydrogens is 458 g/mol. The maximum absolute atomic E-state index is 13.2. The molecule has 2 aromatic carbocycles. The van der Waals surface area contributed by atoms with E-state index in [-0.39, 0.29) is 6.04 Å². The number of para-hydroxylation sites is 1. The molecule has 2 atom stereocenters. The Labute approximate surface area is 207 Å². The van der Waals surface area contributed by atoms with Gasteiger partial charge in [-0.05, 0) is 50.6 Å². The molecular formula is C27H27N5O2S. The SMILES string of the molecule is CC(C)(C)[S@+]([O-])NC(Cc1cccc(-c2cn[nH]c2)n1)c1ccccc1-c1noc2ccccc12. The summed E-state index contributed by atoms with van der Waals surface area (Å²) in [6.45, 7) is 5.88. The van der Waals surface area contributed by atoms with Gasteiger partial charge in [0.1, 0.15) is 10.4 Å². The summed E-state index contributed by atoms with van der Waals surface area (Å²) in [6.07, 6.45) is 4.11. The van der Waals surface area contributed by atoms with Crippen molar-refractivity contribution in [2.45, 2.75) is 38.0 Å². The van der Waals surface area contributed by atoms with Crippen LogP contribution in [0.1, 0.15) is 38.1 Å². The molecule has 3 aromatic heterocycles. The highest BCUT2D eigenvalue weighted by Crippen LogP contribution is 2.35. The average molecular weight is 486 g/mol. The van der Waals surface area contributed by atoms with Gasteiger partial charge in [-0.15, -0.1) is 4.72 Å². The number of hydrogen-bond donors (Lipinski definition) is 2. The van der Waals surface area contributed by atoms with Gasteiger partial charge in [0.2, 0.25) is 0 Å². The van der Waals surface area contributed by atoms with Crippen LogP contribution in [0, 0.1) is 0 Å². The van der Waals surface area contributed by atoms with E-state index in [0.29, 0.717) is 6.42 Å². The standard InChI is InChI=1S/C27H27N5O2S/c1-27(2,3)35(33)32-24(15-19-9-8-13-23(30-19)18-16-28-29-17-18)20-10-4-5-11-21(20)26-22-12-6-7-14-25(22)34-31-26/h4-14,16-17,24,32H,15H2,1-3H3,(H,28,29)/t24?,35-/m0/s1. The maximum Gasteiger partial charge on any atom is 0.167 e. The first-order chi connectivity index (χ1) is 16.9. The molecule has 5 aromatic rings. The molecule has 2 N–H and O–H groups in total. The Hall–Kier alpha value is -3.46. The van der Waals surface area contributed by atoms with Gasteiger partial charge in [-0.1, -0.05) is 47.6 Å². The van der Waals surface area contributed by atoms with Crippen molar-refractivity contribution in [3.05, 3.63) is 90.4 Å². The van der Waals surface area contributed by atoms with Crippen LogP contribution in [0.5, 0.6) is 0 Å². The maximum atomic E-state index is 13.2. The van der Waals surface area contributed by atoms with Crippen molar-refractivity contribution < 1.29 is 9.08 Å². The highest BCUT2D eigenvalue weighted by Gasteiger charge is 2.31. The van der Waals surface area contributed by atoms with Crippen LogP contribution in [0.25, 0.3) is 33.5 Å². The molecule has 0 fully saturated rings. The van der Waals surface area contributed by atoms with E-state index in [1.807, 2.05) is 87.6 Å². The molecule has 8 heteroatoms. The number of aromatic nitrogens is 4. The number of nitrogens with zero attached hydrogens (tertiary/aromatic N) is 3. The van der Waals surface area contributed by atoms with Gasteiger partial charge in [0, 0.05) is 46.2 Å². The number of rotatable bonds is 7. The minimum Gasteiger partial charge on any atom is -0.598 e. The molecule has 5 rings (SSSR count). The second-order valence-electron chi connectivity index (χ2n) is 9.37. The minimum atomic E-state index is -1.30. The molecule has 7 nitrogen and oxygen atoms in total. The Morgan fingerprint density at radius 1 is 1.03 bits per heavy atom. The van der Waals surface area contributed by atoms with Crippen molar-refractivity contribution in [1.29, 1.82) is 0 Å². The average Bonchev–Trinajstić information content (AvgIpc) is 3.54. The number of hydrogen-bond acceptors (Lipinski definition) is 6. The van der Waals surface area contributed by atoms with Crippen LogP contribution in [0.2, 0.25) is 0 Å². The fraction of sp³-hybridized carbons (Fsp3) is 0.222. The van der Waals surface area contributed by atoms with Gasteiger partial charge in [-0.2, -0.15) is 5.10 Å². The van der Waals surface area contributed by atoms with E-state index in [2.05, 4.69) is 26.1 Å². The van der Waals surface area contributed by atoms with Crippen molar-refractivity contribution in [3.63, 3.8) is 0 Å². The lowest BCUT2D eigenvalue weighted by atomic mass is 9.94. The molecule has 1 unspecified atom stereocenters. The van der Waals surface area contributed by atoms with Crippen LogP contribution < -0.4 is 4.72 Å². The largest absolute Gasteiger partial charge is 0.598 e. The monoisotopic (exact) mass is 485 g/mol. The third-order valence-electron chi connectivity index (χ3n) is 5.79. The topological polar surface area (TPSA) is 103 Å². The smallest absolute Gasteiger partial charge is 0.167 e.